The maximum absolute atomic E-state index is 15.6. The summed E-state index contributed by atoms with van der Waals surface area (Å²) < 4.78 is 138. The highest BCUT2D eigenvalue weighted by molar-refractivity contribution is 7.92. The number of sulfonamides is 1. The lowest BCUT2D eigenvalue weighted by Gasteiger charge is -2.25. The van der Waals surface area contributed by atoms with Crippen molar-refractivity contribution in [3.05, 3.63) is 82.3 Å². The molecule has 2 N–H and O–H groups in total. The van der Waals surface area contributed by atoms with E-state index in [2.05, 4.69) is 32.1 Å². The highest BCUT2D eigenvalue weighted by Crippen LogP contribution is 2.58. The Bertz CT molecular complexity index is 2910. The molecule has 312 valence electrons. The summed E-state index contributed by atoms with van der Waals surface area (Å²) in [7, 11) is -2.21. The van der Waals surface area contributed by atoms with E-state index in [1.807, 2.05) is 4.90 Å². The molecule has 1 saturated heterocycles. The van der Waals surface area contributed by atoms with Crippen molar-refractivity contribution in [2.24, 2.45) is 13.0 Å². The molecule has 1 aliphatic heterocycles. The zero-order valence-electron chi connectivity index (χ0n) is 31.2. The van der Waals surface area contributed by atoms with Gasteiger partial charge in [-0.1, -0.05) is 35.3 Å². The number of rotatable bonds is 10. The molecule has 13 nitrogen and oxygen atoms in total. The van der Waals surface area contributed by atoms with Crippen LogP contribution < -0.4 is 14.9 Å². The van der Waals surface area contributed by atoms with Crippen molar-refractivity contribution in [1.29, 1.82) is 0 Å². The van der Waals surface area contributed by atoms with Crippen LogP contribution in [0.25, 0.3) is 32.4 Å². The average molecular weight is 874 g/mol. The number of anilines is 2. The lowest BCUT2D eigenvalue weighted by molar-refractivity contribution is -0.142. The van der Waals surface area contributed by atoms with Crippen LogP contribution in [0, 0.1) is 29.4 Å². The normalized spacial score (nSPS) is 18.8. The molecule has 0 unspecified atom stereocenters. The standard InChI is InChI=1S/C38H30F7N9O4S2/c1-52-31-21(4-3-5-23(31)34(50-52)51-60(2,56)57)24-16-27-35(48-36(59-27)53-8-10-58-11-9-53)47-30(24)26(14-18-12-19(39)15-20(40)13-18)46-28(55)17-54-33-29(32(49-54)38(43,44)45)22-6-7-25(22)37(33,41)42/h3-5,12-13,15-16,22,25-26H,8-11,14,17H2,1-2H3,(H,46,55)(H,50,51)/t22-,25+,26-/m0/s1. The molecule has 1 amide bonds. The van der Waals surface area contributed by atoms with E-state index >= 15 is 8.78 Å². The molecule has 2 aromatic carbocycles. The van der Waals surface area contributed by atoms with Gasteiger partial charge in [0.25, 0.3) is 0 Å². The molecule has 5 heterocycles. The van der Waals surface area contributed by atoms with Gasteiger partial charge in [-0.25, -0.2) is 22.2 Å². The molecular formula is C38H30F7N9O4S2. The number of aromatic nitrogens is 6. The Morgan fingerprint density at radius 3 is 2.45 bits per heavy atom. The SMILES string of the molecule is Cn1nc(NS(C)(=O)=O)c2cccc(-c3cc4sc(N5CCOCC5)nc4nc3[C@H](Cc3cc(F)cc(F)c3)NC(=O)Cn3nc(C(F)(F)F)c4c3C(F)(F)[C@@H]3C#C[C@H]43)c21. The topological polar surface area (TPSA) is 149 Å². The van der Waals surface area contributed by atoms with E-state index in [0.29, 0.717) is 68.9 Å². The third kappa shape index (κ3) is 6.96. The summed E-state index contributed by atoms with van der Waals surface area (Å²) in [5.74, 6) is -5.32. The number of hydrogen-bond donors (Lipinski definition) is 2. The number of nitrogens with zero attached hydrogens (tertiary/aromatic N) is 7. The van der Waals surface area contributed by atoms with Crippen LogP contribution in [0.4, 0.5) is 41.7 Å². The molecule has 1 fully saturated rings. The van der Waals surface area contributed by atoms with Crippen LogP contribution in [0.5, 0.6) is 0 Å². The predicted molar refractivity (Wildman–Crippen MR) is 205 cm³/mol. The minimum atomic E-state index is -5.14. The minimum Gasteiger partial charge on any atom is -0.378 e. The largest absolute Gasteiger partial charge is 0.435 e. The fraction of sp³-hybridized carbons (Fsp3) is 0.342. The van der Waals surface area contributed by atoms with Crippen molar-refractivity contribution >= 4 is 59.5 Å². The van der Waals surface area contributed by atoms with Crippen LogP contribution in [0.3, 0.4) is 0 Å². The van der Waals surface area contributed by atoms with Gasteiger partial charge in [-0.05, 0) is 36.2 Å². The number of nitrogens with one attached hydrogen (secondary N) is 2. The van der Waals surface area contributed by atoms with E-state index in [9.17, 15) is 35.2 Å². The lowest BCUT2D eigenvalue weighted by Crippen LogP contribution is -2.36. The summed E-state index contributed by atoms with van der Waals surface area (Å²) in [6.07, 6.45) is -4.52. The number of aryl methyl sites for hydroxylation is 1. The maximum atomic E-state index is 15.6. The zero-order valence-corrected chi connectivity index (χ0v) is 32.9. The van der Waals surface area contributed by atoms with Gasteiger partial charge in [-0.15, -0.1) is 0 Å². The number of carbonyl (C=O) groups is 1. The number of ether oxygens (including phenoxy) is 1. The Morgan fingerprint density at radius 2 is 1.78 bits per heavy atom. The van der Waals surface area contributed by atoms with Crippen molar-refractivity contribution in [2.45, 2.75) is 37.0 Å². The quantitative estimate of drug-likeness (QED) is 0.127. The van der Waals surface area contributed by atoms with Crippen molar-refractivity contribution < 1.29 is 48.7 Å². The molecule has 0 spiro atoms. The summed E-state index contributed by atoms with van der Waals surface area (Å²) in [6, 6.07) is 8.05. The number of halogens is 7. The molecule has 4 aromatic heterocycles. The predicted octanol–water partition coefficient (Wildman–Crippen LogP) is 5.87. The molecule has 9 rings (SSSR count). The van der Waals surface area contributed by atoms with E-state index in [4.69, 9.17) is 14.7 Å². The number of pyridine rings is 1. The number of para-hydroxylation sites is 1. The molecule has 0 bridgehead atoms. The Morgan fingerprint density at radius 1 is 1.05 bits per heavy atom. The van der Waals surface area contributed by atoms with Crippen LogP contribution in [0.2, 0.25) is 0 Å². The Labute approximate surface area is 339 Å². The summed E-state index contributed by atoms with van der Waals surface area (Å²) in [5.41, 5.74) is -1.93. The van der Waals surface area contributed by atoms with Crippen LogP contribution in [0.1, 0.15) is 40.2 Å². The van der Waals surface area contributed by atoms with Gasteiger partial charge in [-0.2, -0.15) is 37.1 Å². The second-order valence-corrected chi connectivity index (χ2v) is 17.4. The number of morpholine rings is 1. The van der Waals surface area contributed by atoms with Gasteiger partial charge < -0.3 is 15.0 Å². The van der Waals surface area contributed by atoms with E-state index in [1.54, 1.807) is 31.3 Å². The lowest BCUT2D eigenvalue weighted by atomic mass is 9.84. The van der Waals surface area contributed by atoms with Gasteiger partial charge in [0.15, 0.2) is 22.3 Å². The molecule has 2 aliphatic carbocycles. The Balaban J connectivity index is 1.20. The zero-order chi connectivity index (χ0) is 42.5. The Kier molecular flexibility index (Phi) is 9.36. The molecule has 6 aromatic rings. The molecular weight excluding hydrogens is 844 g/mol. The van der Waals surface area contributed by atoms with Crippen molar-refractivity contribution in [3.63, 3.8) is 0 Å². The second-order valence-electron chi connectivity index (χ2n) is 14.6. The van der Waals surface area contributed by atoms with E-state index in [1.165, 1.54) is 16.0 Å². The minimum absolute atomic E-state index is 0.0144. The van der Waals surface area contributed by atoms with Crippen LogP contribution >= 0.6 is 11.3 Å². The molecule has 3 aliphatic rings. The average Bonchev–Trinajstić information content (AvgIpc) is 3.85. The molecule has 3 atom stereocenters. The summed E-state index contributed by atoms with van der Waals surface area (Å²) in [4.78, 5) is 25.7. The molecule has 0 radical (unpaired) electrons. The van der Waals surface area contributed by atoms with Crippen molar-refractivity contribution in [2.75, 3.05) is 42.2 Å². The highest BCUT2D eigenvalue weighted by atomic mass is 32.2. The summed E-state index contributed by atoms with van der Waals surface area (Å²) >= 11 is 1.31. The fourth-order valence-corrected chi connectivity index (χ4v) is 9.48. The first-order valence-corrected chi connectivity index (χ1v) is 21.0. The number of thiazole rings is 1. The van der Waals surface area contributed by atoms with Crippen LogP contribution in [-0.4, -0.2) is 76.4 Å². The van der Waals surface area contributed by atoms with Gasteiger partial charge in [0.05, 0.1) is 47.3 Å². The third-order valence-corrected chi connectivity index (χ3v) is 12.1. The monoisotopic (exact) mass is 873 g/mol. The number of benzene rings is 2. The van der Waals surface area contributed by atoms with Gasteiger partial charge in [-0.3, -0.25) is 18.9 Å². The van der Waals surface area contributed by atoms with Crippen molar-refractivity contribution in [1.82, 2.24) is 34.8 Å². The van der Waals surface area contributed by atoms with E-state index in [0.717, 1.165) is 18.4 Å². The van der Waals surface area contributed by atoms with Crippen LogP contribution in [-0.2, 0) is 51.7 Å². The first-order chi connectivity index (χ1) is 28.4. The van der Waals surface area contributed by atoms with E-state index < -0.39 is 81.0 Å². The van der Waals surface area contributed by atoms with Crippen LogP contribution in [0.15, 0.2) is 42.5 Å². The van der Waals surface area contributed by atoms with E-state index in [-0.39, 0.29) is 29.1 Å². The first kappa shape index (κ1) is 39.7. The van der Waals surface area contributed by atoms with Gasteiger partial charge in [0, 0.05) is 48.3 Å². The number of carbonyl (C=O) groups excluding carboxylic acids is 1. The molecule has 0 saturated carbocycles. The smallest absolute Gasteiger partial charge is 0.378 e. The van der Waals surface area contributed by atoms with Crippen molar-refractivity contribution in [3.8, 4) is 23.0 Å². The number of fused-ring (bicyclic) bond motifs is 5. The molecule has 22 heteroatoms. The molecule has 60 heavy (non-hydrogen) atoms. The Hall–Kier alpha value is -5.79. The highest BCUT2D eigenvalue weighted by Gasteiger charge is 2.62. The number of hydrogen-bond acceptors (Lipinski definition) is 10. The van der Waals surface area contributed by atoms with Gasteiger partial charge >= 0.3 is 12.1 Å². The number of amides is 1. The maximum Gasteiger partial charge on any atom is 0.435 e. The summed E-state index contributed by atoms with van der Waals surface area (Å²) in [5, 5.41) is 11.5. The van der Waals surface area contributed by atoms with Gasteiger partial charge in [0.1, 0.15) is 29.8 Å². The fourth-order valence-electron chi connectivity index (χ4n) is 7.98. The third-order valence-electron chi connectivity index (χ3n) is 10.4. The summed E-state index contributed by atoms with van der Waals surface area (Å²) in [6.45, 7) is 0.874. The van der Waals surface area contributed by atoms with Gasteiger partial charge in [0.2, 0.25) is 15.9 Å². The second kappa shape index (κ2) is 14.2. The first-order valence-electron chi connectivity index (χ1n) is 18.3. The number of alkyl halides is 5.